The number of rotatable bonds is 3. The summed E-state index contributed by atoms with van der Waals surface area (Å²) in [5, 5.41) is 2.30. The van der Waals surface area contributed by atoms with Gasteiger partial charge in [0.2, 0.25) is 0 Å². The Kier molecular flexibility index (Phi) is 8.09. The van der Waals surface area contributed by atoms with Gasteiger partial charge >= 0.3 is 0 Å². The Morgan fingerprint density at radius 1 is 0.417 bits per heavy atom. The Morgan fingerprint density at radius 3 is 0.958 bits per heavy atom. The average molecular weight is 616 g/mol. The molecule has 0 N–H and O–H groups in total. The fraction of sp³-hybridized carbons (Fsp3) is 0.143. The highest BCUT2D eigenvalue weighted by Crippen LogP contribution is 2.53. The molecule has 130 valence electrons. The third-order valence-electron chi connectivity index (χ3n) is 3.23. The summed E-state index contributed by atoms with van der Waals surface area (Å²) in [6.45, 7) is 0. The molecule has 0 unspecified atom stereocenters. The first kappa shape index (κ1) is 22.0. The molecule has 0 aliphatic heterocycles. The minimum atomic E-state index is 0.124. The van der Waals surface area contributed by atoms with Crippen LogP contribution in [0.3, 0.4) is 0 Å². The van der Waals surface area contributed by atoms with Gasteiger partial charge in [-0.25, -0.2) is 0 Å². The summed E-state index contributed by atoms with van der Waals surface area (Å²) in [5.41, 5.74) is 1.80. The zero-order valence-electron chi connectivity index (χ0n) is 11.2. The summed E-state index contributed by atoms with van der Waals surface area (Å²) >= 11 is 57.3. The van der Waals surface area contributed by atoms with Crippen molar-refractivity contribution in [3.8, 4) is 11.1 Å². The zero-order chi connectivity index (χ0) is 18.3. The molecule has 0 bridgehead atoms. The van der Waals surface area contributed by atoms with Crippen LogP contribution in [-0.2, 0) is 10.7 Å². The van der Waals surface area contributed by atoms with E-state index in [-0.39, 0.29) is 40.2 Å². The molecule has 0 aliphatic carbocycles. The standard InChI is InChI=1S/C14H4Br2Cl8/c15-1-3-7(17)5(11(21)13(23)9(3)19)6-8(18)4(2-16)10(20)14(24)12(6)22/h1-2H2. The van der Waals surface area contributed by atoms with E-state index in [0.717, 1.165) is 0 Å². The first-order chi connectivity index (χ1) is 11.2. The van der Waals surface area contributed by atoms with E-state index in [1.54, 1.807) is 0 Å². The van der Waals surface area contributed by atoms with Crippen molar-refractivity contribution >= 4 is 125 Å². The Morgan fingerprint density at radius 2 is 0.708 bits per heavy atom. The van der Waals surface area contributed by atoms with Gasteiger partial charge in [0.25, 0.3) is 0 Å². The van der Waals surface area contributed by atoms with Crippen LogP contribution in [0.1, 0.15) is 11.1 Å². The smallest absolute Gasteiger partial charge is 0.0789 e. The van der Waals surface area contributed by atoms with E-state index in [9.17, 15) is 0 Å². The van der Waals surface area contributed by atoms with Gasteiger partial charge in [0, 0.05) is 32.9 Å². The highest BCUT2D eigenvalue weighted by atomic mass is 79.9. The monoisotopic (exact) mass is 610 g/mol. The third kappa shape index (κ3) is 3.68. The van der Waals surface area contributed by atoms with Crippen molar-refractivity contribution in [2.75, 3.05) is 0 Å². The summed E-state index contributed by atoms with van der Waals surface area (Å²) in [6.07, 6.45) is 0. The van der Waals surface area contributed by atoms with Gasteiger partial charge in [0.1, 0.15) is 0 Å². The number of hydrogen-bond acceptors (Lipinski definition) is 0. The highest BCUT2D eigenvalue weighted by molar-refractivity contribution is 9.08. The largest absolute Gasteiger partial charge is 0.0875 e. The number of benzene rings is 2. The molecule has 0 heterocycles. The van der Waals surface area contributed by atoms with Crippen LogP contribution in [0, 0.1) is 0 Å². The average Bonchev–Trinajstić information content (AvgIpc) is 2.55. The van der Waals surface area contributed by atoms with Gasteiger partial charge in [-0.1, -0.05) is 125 Å². The van der Waals surface area contributed by atoms with Crippen LogP contribution in [0.25, 0.3) is 11.1 Å². The van der Waals surface area contributed by atoms with Crippen molar-refractivity contribution in [3.63, 3.8) is 0 Å². The predicted octanol–water partition coefficient (Wildman–Crippen LogP) is 10.4. The molecule has 24 heavy (non-hydrogen) atoms. The molecule has 0 radical (unpaired) electrons. The van der Waals surface area contributed by atoms with Crippen molar-refractivity contribution in [1.29, 1.82) is 0 Å². The van der Waals surface area contributed by atoms with Gasteiger partial charge in [-0.3, -0.25) is 0 Å². The number of halogens is 10. The van der Waals surface area contributed by atoms with Crippen molar-refractivity contribution in [3.05, 3.63) is 51.3 Å². The summed E-state index contributed by atoms with van der Waals surface area (Å²) in [6, 6.07) is 0. The van der Waals surface area contributed by atoms with Crippen LogP contribution in [0.4, 0.5) is 0 Å². The van der Waals surface area contributed by atoms with Crippen LogP contribution >= 0.6 is 125 Å². The molecule has 0 aromatic heterocycles. The van der Waals surface area contributed by atoms with Gasteiger partial charge in [0.15, 0.2) is 0 Å². The van der Waals surface area contributed by atoms with Gasteiger partial charge < -0.3 is 0 Å². The Balaban J connectivity index is 3.03. The lowest BCUT2D eigenvalue weighted by atomic mass is 10.0. The molecule has 0 aliphatic rings. The van der Waals surface area contributed by atoms with E-state index in [1.165, 1.54) is 0 Å². The maximum atomic E-state index is 6.49. The highest BCUT2D eigenvalue weighted by Gasteiger charge is 2.27. The van der Waals surface area contributed by atoms with Gasteiger partial charge in [-0.15, -0.1) is 0 Å². The summed E-state index contributed by atoms with van der Waals surface area (Å²) in [5.74, 6) is 0. The maximum Gasteiger partial charge on any atom is 0.0789 e. The van der Waals surface area contributed by atoms with Crippen molar-refractivity contribution in [1.82, 2.24) is 0 Å². The van der Waals surface area contributed by atoms with Crippen LogP contribution < -0.4 is 0 Å². The zero-order valence-corrected chi connectivity index (χ0v) is 20.4. The van der Waals surface area contributed by atoms with Crippen LogP contribution in [0.15, 0.2) is 0 Å². The van der Waals surface area contributed by atoms with Gasteiger partial charge in [-0.2, -0.15) is 0 Å². The normalized spacial score (nSPS) is 11.2. The molecule has 2 aromatic rings. The SMILES string of the molecule is Clc1c(Cl)c(CBr)c(Cl)c(-c2c(Cl)c(Cl)c(Cl)c(CBr)c2Cl)c1Cl. The van der Waals surface area contributed by atoms with E-state index in [0.29, 0.717) is 32.9 Å². The van der Waals surface area contributed by atoms with Gasteiger partial charge in [-0.05, 0) is 0 Å². The third-order valence-corrected chi connectivity index (χ3v) is 7.91. The molecule has 0 fully saturated rings. The van der Waals surface area contributed by atoms with E-state index < -0.39 is 0 Å². The fourth-order valence-corrected chi connectivity index (χ4v) is 6.29. The Hall–Kier alpha value is 1.72. The summed E-state index contributed by atoms with van der Waals surface area (Å²) < 4.78 is 0. The minimum absolute atomic E-state index is 0.124. The fourth-order valence-electron chi connectivity index (χ4n) is 2.04. The second kappa shape index (κ2) is 8.82. The van der Waals surface area contributed by atoms with Crippen molar-refractivity contribution in [2.24, 2.45) is 0 Å². The molecular formula is C14H4Br2Cl8. The summed E-state index contributed by atoms with van der Waals surface area (Å²) in [4.78, 5) is 0. The van der Waals surface area contributed by atoms with E-state index in [1.807, 2.05) is 0 Å². The Labute approximate surface area is 195 Å². The molecular weight excluding hydrogens is 612 g/mol. The molecule has 0 nitrogen and oxygen atoms in total. The molecule has 2 aromatic carbocycles. The van der Waals surface area contributed by atoms with Crippen LogP contribution in [0.2, 0.25) is 40.2 Å². The van der Waals surface area contributed by atoms with Crippen molar-refractivity contribution < 1.29 is 0 Å². The van der Waals surface area contributed by atoms with Crippen LogP contribution in [-0.4, -0.2) is 0 Å². The lowest BCUT2D eigenvalue weighted by Gasteiger charge is -2.19. The predicted molar refractivity (Wildman–Crippen MR) is 117 cm³/mol. The molecule has 2 rings (SSSR count). The first-order valence-corrected chi connectivity index (χ1v) is 11.3. The molecule has 0 spiro atoms. The topological polar surface area (TPSA) is 0 Å². The van der Waals surface area contributed by atoms with Crippen molar-refractivity contribution in [2.45, 2.75) is 10.7 Å². The number of hydrogen-bond donors (Lipinski definition) is 0. The molecule has 0 atom stereocenters. The molecule has 0 saturated carbocycles. The first-order valence-electron chi connectivity index (χ1n) is 6.00. The second-order valence-electron chi connectivity index (χ2n) is 4.49. The van der Waals surface area contributed by atoms with E-state index >= 15 is 0 Å². The molecule has 0 amide bonds. The van der Waals surface area contributed by atoms with E-state index in [2.05, 4.69) is 31.9 Å². The lowest BCUT2D eigenvalue weighted by molar-refractivity contribution is 1.40. The molecule has 0 saturated heterocycles. The number of alkyl halides is 2. The Bertz CT molecular complexity index is 765. The molecule has 10 heteroatoms. The summed E-state index contributed by atoms with van der Waals surface area (Å²) in [7, 11) is 0. The quantitative estimate of drug-likeness (QED) is 0.183. The van der Waals surface area contributed by atoms with E-state index in [4.69, 9.17) is 92.8 Å². The van der Waals surface area contributed by atoms with Crippen LogP contribution in [0.5, 0.6) is 0 Å². The second-order valence-corrected chi connectivity index (χ2v) is 8.63. The lowest BCUT2D eigenvalue weighted by Crippen LogP contribution is -1.96. The van der Waals surface area contributed by atoms with Gasteiger partial charge in [0.05, 0.1) is 40.2 Å². The maximum absolute atomic E-state index is 6.49. The minimum Gasteiger partial charge on any atom is -0.0875 e.